The molecule has 0 unspecified atom stereocenters. The minimum atomic E-state index is -0.956. The highest BCUT2D eigenvalue weighted by molar-refractivity contribution is 6.39. The Morgan fingerprint density at radius 1 is 0.893 bits per heavy atom. The van der Waals surface area contributed by atoms with Gasteiger partial charge in [0.2, 0.25) is 0 Å². The number of rotatable bonds is 7. The zero-order valence-corrected chi connectivity index (χ0v) is 15.9. The maximum absolute atomic E-state index is 12.1. The van der Waals surface area contributed by atoms with Crippen LogP contribution in [-0.2, 0) is 9.59 Å². The molecule has 9 nitrogen and oxygen atoms in total. The summed E-state index contributed by atoms with van der Waals surface area (Å²) in [5.41, 5.74) is 3.01. The second-order valence-electron chi connectivity index (χ2n) is 5.30. The van der Waals surface area contributed by atoms with Gasteiger partial charge in [-0.25, -0.2) is 5.43 Å². The van der Waals surface area contributed by atoms with Crippen LogP contribution in [0.25, 0.3) is 0 Å². The number of carbonyl (C=O) groups is 2. The van der Waals surface area contributed by atoms with E-state index in [4.69, 9.17) is 18.9 Å². The van der Waals surface area contributed by atoms with Gasteiger partial charge in [0.15, 0.2) is 11.5 Å². The molecule has 2 amide bonds. The van der Waals surface area contributed by atoms with Crippen LogP contribution in [0.2, 0.25) is 0 Å². The Labute approximate surface area is 162 Å². The van der Waals surface area contributed by atoms with Gasteiger partial charge in [-0.3, -0.25) is 9.59 Å². The van der Waals surface area contributed by atoms with Gasteiger partial charge in [0.25, 0.3) is 0 Å². The summed E-state index contributed by atoms with van der Waals surface area (Å²) in [6.07, 6.45) is 1.35. The molecule has 2 aromatic rings. The molecule has 0 saturated heterocycles. The molecular formula is C19H21N3O6. The number of methoxy groups -OCH3 is 4. The molecule has 0 bridgehead atoms. The highest BCUT2D eigenvalue weighted by Gasteiger charge is 2.16. The molecule has 0 aliphatic heterocycles. The molecule has 0 aliphatic carbocycles. The van der Waals surface area contributed by atoms with Gasteiger partial charge < -0.3 is 24.3 Å². The van der Waals surface area contributed by atoms with E-state index in [1.807, 2.05) is 0 Å². The molecule has 0 saturated carbocycles. The second-order valence-corrected chi connectivity index (χ2v) is 5.30. The fourth-order valence-corrected chi connectivity index (χ4v) is 2.32. The van der Waals surface area contributed by atoms with Gasteiger partial charge in [0, 0.05) is 11.6 Å². The first-order valence-corrected chi connectivity index (χ1v) is 8.11. The molecular weight excluding hydrogens is 366 g/mol. The number of hydrazone groups is 1. The third kappa shape index (κ3) is 4.91. The Morgan fingerprint density at radius 2 is 1.64 bits per heavy atom. The van der Waals surface area contributed by atoms with Gasteiger partial charge in [0.1, 0.15) is 11.5 Å². The highest BCUT2D eigenvalue weighted by Crippen LogP contribution is 2.30. The molecule has 2 N–H and O–H groups in total. The Kier molecular flexibility index (Phi) is 7.21. The quantitative estimate of drug-likeness (QED) is 0.426. The summed E-state index contributed by atoms with van der Waals surface area (Å²) in [7, 11) is 5.94. The predicted molar refractivity (Wildman–Crippen MR) is 103 cm³/mol. The lowest BCUT2D eigenvalue weighted by Crippen LogP contribution is -2.32. The van der Waals surface area contributed by atoms with Crippen molar-refractivity contribution < 1.29 is 28.5 Å². The molecule has 0 atom stereocenters. The first-order valence-electron chi connectivity index (χ1n) is 8.11. The van der Waals surface area contributed by atoms with Crippen molar-refractivity contribution in [3.8, 4) is 23.0 Å². The molecule has 148 valence electrons. The van der Waals surface area contributed by atoms with Crippen molar-refractivity contribution in [3.05, 3.63) is 42.0 Å². The SMILES string of the molecule is COc1ccc(OC)c(NC(=O)C(=O)N/N=C/c2cccc(OC)c2OC)c1. The number of ether oxygens (including phenoxy) is 4. The van der Waals surface area contributed by atoms with E-state index < -0.39 is 11.8 Å². The number of hydrogen-bond acceptors (Lipinski definition) is 7. The van der Waals surface area contributed by atoms with E-state index in [1.165, 1.54) is 40.7 Å². The van der Waals surface area contributed by atoms with Gasteiger partial charge in [-0.2, -0.15) is 5.10 Å². The van der Waals surface area contributed by atoms with E-state index in [2.05, 4.69) is 15.8 Å². The smallest absolute Gasteiger partial charge is 0.329 e. The van der Waals surface area contributed by atoms with Crippen LogP contribution in [0.5, 0.6) is 23.0 Å². The van der Waals surface area contributed by atoms with Crippen molar-refractivity contribution >= 4 is 23.7 Å². The van der Waals surface area contributed by atoms with Gasteiger partial charge >= 0.3 is 11.8 Å². The molecule has 0 aliphatic rings. The maximum atomic E-state index is 12.1. The van der Waals surface area contributed by atoms with E-state index in [-0.39, 0.29) is 0 Å². The molecule has 0 radical (unpaired) electrons. The van der Waals surface area contributed by atoms with Crippen LogP contribution in [-0.4, -0.2) is 46.5 Å². The highest BCUT2D eigenvalue weighted by atomic mass is 16.5. The fraction of sp³-hybridized carbons (Fsp3) is 0.211. The minimum absolute atomic E-state index is 0.292. The van der Waals surface area contributed by atoms with Crippen molar-refractivity contribution in [2.75, 3.05) is 33.8 Å². The minimum Gasteiger partial charge on any atom is -0.497 e. The summed E-state index contributed by atoms with van der Waals surface area (Å²) < 4.78 is 20.7. The topological polar surface area (TPSA) is 107 Å². The number of amides is 2. The number of anilines is 1. The lowest BCUT2D eigenvalue weighted by atomic mass is 10.2. The van der Waals surface area contributed by atoms with Gasteiger partial charge in [-0.15, -0.1) is 0 Å². The Bertz CT molecular complexity index is 882. The zero-order valence-electron chi connectivity index (χ0n) is 15.9. The molecule has 0 fully saturated rings. The lowest BCUT2D eigenvalue weighted by molar-refractivity contribution is -0.136. The van der Waals surface area contributed by atoms with E-state index in [0.717, 1.165) is 0 Å². The van der Waals surface area contributed by atoms with E-state index in [0.29, 0.717) is 34.2 Å². The van der Waals surface area contributed by atoms with Gasteiger partial charge in [0.05, 0.1) is 40.3 Å². The maximum Gasteiger partial charge on any atom is 0.329 e. The van der Waals surface area contributed by atoms with E-state index in [9.17, 15) is 9.59 Å². The predicted octanol–water partition coefficient (Wildman–Crippen LogP) is 1.81. The van der Waals surface area contributed by atoms with Crippen LogP contribution < -0.4 is 29.7 Å². The van der Waals surface area contributed by atoms with Crippen LogP contribution in [0.15, 0.2) is 41.5 Å². The van der Waals surface area contributed by atoms with Gasteiger partial charge in [-0.05, 0) is 24.3 Å². The number of carbonyl (C=O) groups excluding carboxylic acids is 2. The third-order valence-corrected chi connectivity index (χ3v) is 3.66. The molecule has 2 aromatic carbocycles. The van der Waals surface area contributed by atoms with Crippen molar-refractivity contribution in [3.63, 3.8) is 0 Å². The third-order valence-electron chi connectivity index (χ3n) is 3.66. The molecule has 0 spiro atoms. The lowest BCUT2D eigenvalue weighted by Gasteiger charge is -2.11. The van der Waals surface area contributed by atoms with E-state index >= 15 is 0 Å². The van der Waals surface area contributed by atoms with Crippen molar-refractivity contribution in [2.24, 2.45) is 5.10 Å². The summed E-state index contributed by atoms with van der Waals surface area (Å²) in [5.74, 6) is -0.0234. The number of nitrogens with zero attached hydrogens (tertiary/aromatic N) is 1. The fourth-order valence-electron chi connectivity index (χ4n) is 2.32. The first-order chi connectivity index (χ1) is 13.5. The summed E-state index contributed by atoms with van der Waals surface area (Å²) >= 11 is 0. The summed E-state index contributed by atoms with van der Waals surface area (Å²) in [6, 6.07) is 10.0. The number of benzene rings is 2. The molecule has 28 heavy (non-hydrogen) atoms. The van der Waals surface area contributed by atoms with Crippen LogP contribution in [0.1, 0.15) is 5.56 Å². The summed E-state index contributed by atoms with van der Waals surface area (Å²) in [5, 5.41) is 6.24. The normalized spacial score (nSPS) is 10.3. The van der Waals surface area contributed by atoms with Crippen LogP contribution in [0, 0.1) is 0 Å². The van der Waals surface area contributed by atoms with Crippen LogP contribution in [0.4, 0.5) is 5.69 Å². The van der Waals surface area contributed by atoms with Gasteiger partial charge in [-0.1, -0.05) is 6.07 Å². The molecule has 0 aromatic heterocycles. The Hall–Kier alpha value is -3.75. The second kappa shape index (κ2) is 9.81. The molecule has 9 heteroatoms. The monoisotopic (exact) mass is 387 g/mol. The van der Waals surface area contributed by atoms with Crippen LogP contribution >= 0.6 is 0 Å². The first kappa shape index (κ1) is 20.6. The number of para-hydroxylation sites is 1. The molecule has 0 heterocycles. The summed E-state index contributed by atoms with van der Waals surface area (Å²) in [6.45, 7) is 0. The number of nitrogens with one attached hydrogen (secondary N) is 2. The number of hydrogen-bond donors (Lipinski definition) is 2. The zero-order chi connectivity index (χ0) is 20.5. The largest absolute Gasteiger partial charge is 0.497 e. The van der Waals surface area contributed by atoms with Crippen molar-refractivity contribution in [2.45, 2.75) is 0 Å². The Morgan fingerprint density at radius 3 is 2.29 bits per heavy atom. The van der Waals surface area contributed by atoms with Crippen molar-refractivity contribution in [1.29, 1.82) is 0 Å². The summed E-state index contributed by atoms with van der Waals surface area (Å²) in [4.78, 5) is 24.1. The van der Waals surface area contributed by atoms with Crippen LogP contribution in [0.3, 0.4) is 0 Å². The average Bonchev–Trinajstić information content (AvgIpc) is 2.73. The van der Waals surface area contributed by atoms with Crippen molar-refractivity contribution in [1.82, 2.24) is 5.43 Å². The van der Waals surface area contributed by atoms with E-state index in [1.54, 1.807) is 30.3 Å². The average molecular weight is 387 g/mol. The Balaban J connectivity index is 2.06. The molecule has 2 rings (SSSR count). The standard InChI is InChI=1S/C19H21N3O6/c1-25-13-8-9-15(26-2)14(10-13)21-18(23)19(24)22-20-11-12-6-5-7-16(27-3)17(12)28-4/h5-11H,1-4H3,(H,21,23)(H,22,24)/b20-11+.